The molecule has 76 valence electrons. The van der Waals surface area contributed by atoms with Crippen molar-refractivity contribution in [2.24, 2.45) is 5.92 Å². The number of hydrogen-bond donors (Lipinski definition) is 1. The van der Waals surface area contributed by atoms with E-state index in [2.05, 4.69) is 22.4 Å². The summed E-state index contributed by atoms with van der Waals surface area (Å²) in [5.74, 6) is 3.02. The van der Waals surface area contributed by atoms with Crippen LogP contribution in [-0.4, -0.2) is 16.7 Å². The lowest BCUT2D eigenvalue weighted by atomic mass is 10.2. The Hall–Kier alpha value is -0.900. The highest BCUT2D eigenvalue weighted by molar-refractivity contribution is 5.08. The topological polar surface area (TPSA) is 51.0 Å². The van der Waals surface area contributed by atoms with E-state index in [0.29, 0.717) is 12.0 Å². The molecule has 4 heteroatoms. The molecule has 3 unspecified atom stereocenters. The largest absolute Gasteiger partial charge is 0.338 e. The van der Waals surface area contributed by atoms with E-state index in [1.165, 1.54) is 12.8 Å². The van der Waals surface area contributed by atoms with Crippen LogP contribution in [-0.2, 0) is 0 Å². The number of hydrogen-bond acceptors (Lipinski definition) is 4. The molecule has 1 aliphatic carbocycles. The molecule has 2 heterocycles. The molecular weight excluding hydrogens is 178 g/mol. The summed E-state index contributed by atoms with van der Waals surface area (Å²) in [6.07, 6.45) is 3.56. The summed E-state index contributed by atoms with van der Waals surface area (Å²) in [6, 6.07) is 0.310. The van der Waals surface area contributed by atoms with Gasteiger partial charge in [0.05, 0.1) is 6.04 Å². The molecule has 1 aromatic heterocycles. The molecule has 0 radical (unpaired) electrons. The summed E-state index contributed by atoms with van der Waals surface area (Å²) in [6.45, 7) is 3.30. The number of aromatic nitrogens is 2. The lowest BCUT2D eigenvalue weighted by Crippen LogP contribution is -2.13. The molecule has 2 fully saturated rings. The van der Waals surface area contributed by atoms with Crippen molar-refractivity contribution in [1.29, 1.82) is 0 Å². The molecule has 0 spiro atoms. The molecule has 1 aromatic rings. The molecule has 1 aliphatic heterocycles. The second-order valence-electron chi connectivity index (χ2n) is 4.46. The maximum atomic E-state index is 5.27. The van der Waals surface area contributed by atoms with Gasteiger partial charge in [-0.25, -0.2) is 0 Å². The van der Waals surface area contributed by atoms with Gasteiger partial charge in [-0.2, -0.15) is 4.98 Å². The Labute approximate surface area is 83.1 Å². The van der Waals surface area contributed by atoms with Crippen molar-refractivity contribution in [3.63, 3.8) is 0 Å². The Morgan fingerprint density at radius 2 is 2.36 bits per heavy atom. The molecule has 3 atom stereocenters. The minimum Gasteiger partial charge on any atom is -0.338 e. The summed E-state index contributed by atoms with van der Waals surface area (Å²) in [5.41, 5.74) is 0. The molecular formula is C10H15N3O. The van der Waals surface area contributed by atoms with Gasteiger partial charge in [-0.3, -0.25) is 0 Å². The Kier molecular flexibility index (Phi) is 1.83. The predicted molar refractivity (Wildman–Crippen MR) is 50.8 cm³/mol. The highest BCUT2D eigenvalue weighted by Gasteiger charge is 2.38. The van der Waals surface area contributed by atoms with Gasteiger partial charge in [-0.05, 0) is 31.7 Å². The van der Waals surface area contributed by atoms with Crippen molar-refractivity contribution in [3.8, 4) is 0 Å². The maximum absolute atomic E-state index is 5.27. The van der Waals surface area contributed by atoms with Gasteiger partial charge in [-0.1, -0.05) is 12.1 Å². The fourth-order valence-corrected chi connectivity index (χ4v) is 2.12. The predicted octanol–water partition coefficient (Wildman–Crippen LogP) is 1.62. The molecule has 4 nitrogen and oxygen atoms in total. The normalized spacial score (nSPS) is 36.2. The molecule has 1 saturated heterocycles. The van der Waals surface area contributed by atoms with Crippen LogP contribution in [0.5, 0.6) is 0 Å². The first-order valence-electron chi connectivity index (χ1n) is 5.41. The molecule has 0 bridgehead atoms. The first-order chi connectivity index (χ1) is 6.84. The third-order valence-electron chi connectivity index (χ3n) is 3.26. The first-order valence-corrected chi connectivity index (χ1v) is 5.41. The Morgan fingerprint density at radius 3 is 3.00 bits per heavy atom. The molecule has 14 heavy (non-hydrogen) atoms. The van der Waals surface area contributed by atoms with Gasteiger partial charge < -0.3 is 9.84 Å². The lowest BCUT2D eigenvalue weighted by Gasteiger charge is -2.01. The minimum absolute atomic E-state index is 0.310. The third kappa shape index (κ3) is 1.34. The van der Waals surface area contributed by atoms with E-state index >= 15 is 0 Å². The van der Waals surface area contributed by atoms with E-state index < -0.39 is 0 Å². The zero-order chi connectivity index (χ0) is 9.54. The third-order valence-corrected chi connectivity index (χ3v) is 3.26. The van der Waals surface area contributed by atoms with Gasteiger partial charge in [0.15, 0.2) is 5.82 Å². The maximum Gasteiger partial charge on any atom is 0.243 e. The first kappa shape index (κ1) is 8.41. The minimum atomic E-state index is 0.310. The molecule has 2 aliphatic rings. The average Bonchev–Trinajstić information content (AvgIpc) is 2.72. The second-order valence-corrected chi connectivity index (χ2v) is 4.46. The van der Waals surface area contributed by atoms with Crippen LogP contribution in [0, 0.1) is 5.92 Å². The zero-order valence-corrected chi connectivity index (χ0v) is 8.36. The van der Waals surface area contributed by atoms with Crippen LogP contribution in [0.4, 0.5) is 0 Å². The van der Waals surface area contributed by atoms with Crippen LogP contribution in [0.15, 0.2) is 4.52 Å². The highest BCUT2D eigenvalue weighted by Crippen LogP contribution is 2.45. The van der Waals surface area contributed by atoms with Crippen molar-refractivity contribution in [3.05, 3.63) is 11.7 Å². The summed E-state index contributed by atoms with van der Waals surface area (Å²) >= 11 is 0. The van der Waals surface area contributed by atoms with E-state index in [-0.39, 0.29) is 0 Å². The van der Waals surface area contributed by atoms with Gasteiger partial charge >= 0.3 is 0 Å². The molecule has 0 aromatic carbocycles. The Morgan fingerprint density at radius 1 is 1.50 bits per heavy atom. The SMILES string of the molecule is CC1CC1c1noc(C2CCCN2)n1. The Bertz CT molecular complexity index is 330. The fraction of sp³-hybridized carbons (Fsp3) is 0.800. The quantitative estimate of drug-likeness (QED) is 0.775. The van der Waals surface area contributed by atoms with Crippen LogP contribution >= 0.6 is 0 Å². The zero-order valence-electron chi connectivity index (χ0n) is 8.36. The van der Waals surface area contributed by atoms with Crippen LogP contribution in [0.2, 0.25) is 0 Å². The standard InChI is InChI=1S/C10H15N3O/c1-6-5-7(6)9-12-10(14-13-9)8-3-2-4-11-8/h6-8,11H,2-5H2,1H3. The van der Waals surface area contributed by atoms with Gasteiger partial charge in [-0.15, -0.1) is 0 Å². The van der Waals surface area contributed by atoms with E-state index in [1.807, 2.05) is 0 Å². The summed E-state index contributed by atoms with van der Waals surface area (Å²) in [7, 11) is 0. The molecule has 0 amide bonds. The summed E-state index contributed by atoms with van der Waals surface area (Å²) < 4.78 is 5.27. The van der Waals surface area contributed by atoms with Gasteiger partial charge in [0.1, 0.15) is 0 Å². The van der Waals surface area contributed by atoms with Gasteiger partial charge in [0.25, 0.3) is 0 Å². The summed E-state index contributed by atoms with van der Waals surface area (Å²) in [4.78, 5) is 4.46. The fourth-order valence-electron chi connectivity index (χ4n) is 2.12. The van der Waals surface area contributed by atoms with Crippen molar-refractivity contribution >= 4 is 0 Å². The van der Waals surface area contributed by atoms with Gasteiger partial charge in [0.2, 0.25) is 5.89 Å². The van der Waals surface area contributed by atoms with Crippen LogP contribution < -0.4 is 5.32 Å². The van der Waals surface area contributed by atoms with E-state index in [4.69, 9.17) is 4.52 Å². The molecule has 1 N–H and O–H groups in total. The second kappa shape index (κ2) is 3.05. The van der Waals surface area contributed by atoms with E-state index in [1.54, 1.807) is 0 Å². The highest BCUT2D eigenvalue weighted by atomic mass is 16.5. The van der Waals surface area contributed by atoms with Gasteiger partial charge in [0, 0.05) is 5.92 Å². The van der Waals surface area contributed by atoms with E-state index in [0.717, 1.165) is 30.6 Å². The lowest BCUT2D eigenvalue weighted by molar-refractivity contribution is 0.341. The van der Waals surface area contributed by atoms with Crippen molar-refractivity contribution in [2.45, 2.75) is 38.1 Å². The average molecular weight is 193 g/mol. The van der Waals surface area contributed by atoms with Crippen molar-refractivity contribution in [1.82, 2.24) is 15.5 Å². The number of nitrogens with one attached hydrogen (secondary N) is 1. The van der Waals surface area contributed by atoms with Crippen molar-refractivity contribution in [2.75, 3.05) is 6.54 Å². The van der Waals surface area contributed by atoms with E-state index in [9.17, 15) is 0 Å². The molecule has 1 saturated carbocycles. The van der Waals surface area contributed by atoms with Crippen LogP contribution in [0.25, 0.3) is 0 Å². The smallest absolute Gasteiger partial charge is 0.243 e. The number of nitrogens with zero attached hydrogens (tertiary/aromatic N) is 2. The molecule has 3 rings (SSSR count). The van der Waals surface area contributed by atoms with Crippen LogP contribution in [0.3, 0.4) is 0 Å². The summed E-state index contributed by atoms with van der Waals surface area (Å²) in [5, 5.41) is 7.41. The van der Waals surface area contributed by atoms with Crippen molar-refractivity contribution < 1.29 is 4.52 Å². The van der Waals surface area contributed by atoms with Crippen LogP contribution in [0.1, 0.15) is 49.9 Å². The number of rotatable bonds is 2. The monoisotopic (exact) mass is 193 g/mol. The Balaban J connectivity index is 1.76.